The Morgan fingerprint density at radius 3 is 2.88 bits per heavy atom. The van der Waals surface area contributed by atoms with E-state index >= 15 is 0 Å². The molecule has 1 aromatic heterocycles. The number of halogens is 1. The van der Waals surface area contributed by atoms with Crippen LogP contribution in [-0.2, 0) is 0 Å². The molecule has 4 nitrogen and oxygen atoms in total. The number of hydrogen-bond acceptors (Lipinski definition) is 4. The molecule has 0 aliphatic carbocycles. The minimum absolute atomic E-state index is 0.141. The maximum absolute atomic E-state index is 10.8. The summed E-state index contributed by atoms with van der Waals surface area (Å²) >= 11 is 5.75. The Balaban J connectivity index is 2.35. The minimum Gasteiger partial charge on any atom is -0.508 e. The van der Waals surface area contributed by atoms with E-state index in [0.717, 1.165) is 0 Å². The summed E-state index contributed by atoms with van der Waals surface area (Å²) in [5, 5.41) is 12.6. The van der Waals surface area contributed by atoms with E-state index in [9.17, 15) is 9.90 Å². The van der Waals surface area contributed by atoms with Crippen molar-refractivity contribution in [3.05, 3.63) is 47.2 Å². The molecule has 0 atom stereocenters. The highest BCUT2D eigenvalue weighted by atomic mass is 35.5. The molecular weight excluding hydrogens is 240 g/mol. The minimum atomic E-state index is 0.141. The SMILES string of the molecule is O=Cc1cnc(Cl)cc1Nc1cccc(O)c1. The molecule has 5 heteroatoms. The molecule has 1 aromatic carbocycles. The Bertz CT molecular complexity index is 558. The van der Waals surface area contributed by atoms with E-state index in [1.165, 1.54) is 6.20 Å². The number of nitrogens with zero attached hydrogens (tertiary/aromatic N) is 1. The van der Waals surface area contributed by atoms with Gasteiger partial charge in [-0.2, -0.15) is 0 Å². The molecule has 2 aromatic rings. The van der Waals surface area contributed by atoms with E-state index in [-0.39, 0.29) is 5.75 Å². The van der Waals surface area contributed by atoms with Crippen molar-refractivity contribution < 1.29 is 9.90 Å². The van der Waals surface area contributed by atoms with Crippen molar-refractivity contribution in [2.75, 3.05) is 5.32 Å². The van der Waals surface area contributed by atoms with Crippen LogP contribution in [0, 0.1) is 0 Å². The lowest BCUT2D eigenvalue weighted by Crippen LogP contribution is -1.96. The first-order valence-corrected chi connectivity index (χ1v) is 5.23. The predicted octanol–water partition coefficient (Wildman–Crippen LogP) is 3.00. The van der Waals surface area contributed by atoms with Crippen LogP contribution in [0.4, 0.5) is 11.4 Å². The number of nitrogens with one attached hydrogen (secondary N) is 1. The lowest BCUT2D eigenvalue weighted by Gasteiger charge is -2.08. The summed E-state index contributed by atoms with van der Waals surface area (Å²) in [4.78, 5) is 14.6. The highest BCUT2D eigenvalue weighted by Crippen LogP contribution is 2.24. The summed E-state index contributed by atoms with van der Waals surface area (Å²) in [6, 6.07) is 8.12. The molecule has 0 saturated carbocycles. The Morgan fingerprint density at radius 2 is 2.18 bits per heavy atom. The molecule has 0 bridgehead atoms. The van der Waals surface area contributed by atoms with Crippen molar-refractivity contribution in [2.24, 2.45) is 0 Å². The normalized spacial score (nSPS) is 9.94. The molecule has 86 valence electrons. The molecule has 17 heavy (non-hydrogen) atoms. The maximum Gasteiger partial charge on any atom is 0.153 e. The third-order valence-electron chi connectivity index (χ3n) is 2.15. The van der Waals surface area contributed by atoms with Crippen molar-refractivity contribution in [1.29, 1.82) is 0 Å². The van der Waals surface area contributed by atoms with Crippen molar-refractivity contribution >= 4 is 29.3 Å². The Labute approximate surface area is 103 Å². The van der Waals surface area contributed by atoms with E-state index in [1.807, 2.05) is 0 Å². The second-order valence-electron chi connectivity index (χ2n) is 3.39. The standard InChI is InChI=1S/C12H9ClN2O2/c13-12-5-11(8(7-16)6-14-12)15-9-2-1-3-10(17)4-9/h1-7,17H,(H,14,15). The quantitative estimate of drug-likeness (QED) is 0.648. The van der Waals surface area contributed by atoms with E-state index < -0.39 is 0 Å². The van der Waals surface area contributed by atoms with Gasteiger partial charge >= 0.3 is 0 Å². The third-order valence-corrected chi connectivity index (χ3v) is 2.36. The highest BCUT2D eigenvalue weighted by Gasteiger charge is 2.04. The molecule has 0 fully saturated rings. The fraction of sp³-hybridized carbons (Fsp3) is 0. The fourth-order valence-corrected chi connectivity index (χ4v) is 1.54. The van der Waals surface area contributed by atoms with Crippen LogP contribution in [0.2, 0.25) is 5.15 Å². The molecule has 0 aliphatic rings. The van der Waals surface area contributed by atoms with Gasteiger partial charge in [-0.3, -0.25) is 4.79 Å². The van der Waals surface area contributed by atoms with Crippen LogP contribution in [0.25, 0.3) is 0 Å². The van der Waals surface area contributed by atoms with E-state index in [0.29, 0.717) is 28.4 Å². The lowest BCUT2D eigenvalue weighted by molar-refractivity contribution is 0.112. The van der Waals surface area contributed by atoms with Gasteiger partial charge in [0.25, 0.3) is 0 Å². The summed E-state index contributed by atoms with van der Waals surface area (Å²) in [7, 11) is 0. The Morgan fingerprint density at radius 1 is 1.35 bits per heavy atom. The number of benzene rings is 1. The van der Waals surface area contributed by atoms with Gasteiger partial charge in [0.2, 0.25) is 0 Å². The first kappa shape index (κ1) is 11.4. The van der Waals surface area contributed by atoms with Crippen LogP contribution in [0.3, 0.4) is 0 Å². The van der Waals surface area contributed by atoms with Crippen molar-refractivity contribution in [2.45, 2.75) is 0 Å². The van der Waals surface area contributed by atoms with Crippen molar-refractivity contribution in [1.82, 2.24) is 4.98 Å². The zero-order valence-corrected chi connectivity index (χ0v) is 9.48. The zero-order chi connectivity index (χ0) is 12.3. The van der Waals surface area contributed by atoms with Crippen LogP contribution in [0.15, 0.2) is 36.5 Å². The van der Waals surface area contributed by atoms with Gasteiger partial charge in [0.05, 0.1) is 11.3 Å². The van der Waals surface area contributed by atoms with Gasteiger partial charge in [-0.1, -0.05) is 17.7 Å². The van der Waals surface area contributed by atoms with Gasteiger partial charge in [0.15, 0.2) is 6.29 Å². The number of carbonyl (C=O) groups excluding carboxylic acids is 1. The number of rotatable bonds is 3. The molecule has 0 spiro atoms. The molecule has 0 radical (unpaired) electrons. The largest absolute Gasteiger partial charge is 0.508 e. The van der Waals surface area contributed by atoms with Crippen LogP contribution in [0.1, 0.15) is 10.4 Å². The summed E-state index contributed by atoms with van der Waals surface area (Å²) in [5.41, 5.74) is 1.61. The molecule has 2 rings (SSSR count). The second-order valence-corrected chi connectivity index (χ2v) is 3.77. The summed E-state index contributed by atoms with van der Waals surface area (Å²) in [5.74, 6) is 0.141. The number of phenolic OH excluding ortho intramolecular Hbond substituents is 1. The maximum atomic E-state index is 10.8. The van der Waals surface area contributed by atoms with Gasteiger partial charge in [0.1, 0.15) is 10.9 Å². The van der Waals surface area contributed by atoms with Gasteiger partial charge in [-0.25, -0.2) is 4.98 Å². The average molecular weight is 249 g/mol. The molecule has 0 aliphatic heterocycles. The van der Waals surface area contributed by atoms with Gasteiger partial charge in [0, 0.05) is 18.0 Å². The number of aromatic hydroxyl groups is 1. The monoisotopic (exact) mass is 248 g/mol. The topological polar surface area (TPSA) is 62.2 Å². The summed E-state index contributed by atoms with van der Waals surface area (Å²) < 4.78 is 0. The van der Waals surface area contributed by atoms with Gasteiger partial charge in [-0.15, -0.1) is 0 Å². The van der Waals surface area contributed by atoms with E-state index in [4.69, 9.17) is 11.6 Å². The first-order valence-electron chi connectivity index (χ1n) is 4.86. The van der Waals surface area contributed by atoms with Gasteiger partial charge in [-0.05, 0) is 18.2 Å². The van der Waals surface area contributed by atoms with E-state index in [1.54, 1.807) is 30.3 Å². The summed E-state index contributed by atoms with van der Waals surface area (Å²) in [6.45, 7) is 0. The van der Waals surface area contributed by atoms with Crippen LogP contribution < -0.4 is 5.32 Å². The number of pyridine rings is 1. The lowest BCUT2D eigenvalue weighted by atomic mass is 10.2. The molecule has 0 saturated heterocycles. The first-order chi connectivity index (χ1) is 8.19. The number of carbonyl (C=O) groups is 1. The van der Waals surface area contributed by atoms with Crippen LogP contribution in [0.5, 0.6) is 5.75 Å². The molecule has 2 N–H and O–H groups in total. The van der Waals surface area contributed by atoms with Crippen LogP contribution >= 0.6 is 11.6 Å². The number of hydrogen-bond donors (Lipinski definition) is 2. The zero-order valence-electron chi connectivity index (χ0n) is 8.72. The van der Waals surface area contributed by atoms with Crippen molar-refractivity contribution in [3.63, 3.8) is 0 Å². The average Bonchev–Trinajstić information content (AvgIpc) is 2.29. The fourth-order valence-electron chi connectivity index (χ4n) is 1.38. The molecular formula is C12H9ClN2O2. The van der Waals surface area contributed by atoms with Crippen molar-refractivity contribution in [3.8, 4) is 5.75 Å². The Hall–Kier alpha value is -2.07. The number of aldehydes is 1. The predicted molar refractivity (Wildman–Crippen MR) is 66.0 cm³/mol. The Kier molecular flexibility index (Phi) is 3.25. The molecule has 1 heterocycles. The van der Waals surface area contributed by atoms with Crippen LogP contribution in [-0.4, -0.2) is 16.4 Å². The van der Waals surface area contributed by atoms with E-state index in [2.05, 4.69) is 10.3 Å². The molecule has 0 unspecified atom stereocenters. The second kappa shape index (κ2) is 4.84. The summed E-state index contributed by atoms with van der Waals surface area (Å²) in [6.07, 6.45) is 2.08. The number of aromatic nitrogens is 1. The number of anilines is 2. The number of phenols is 1. The smallest absolute Gasteiger partial charge is 0.153 e. The van der Waals surface area contributed by atoms with Gasteiger partial charge < -0.3 is 10.4 Å². The highest BCUT2D eigenvalue weighted by molar-refractivity contribution is 6.29. The molecule has 0 amide bonds. The third kappa shape index (κ3) is 2.73.